The molecular weight excluding hydrogens is 346 g/mol. The predicted molar refractivity (Wildman–Crippen MR) is 90.8 cm³/mol. The van der Waals surface area contributed by atoms with E-state index in [9.17, 15) is 9.59 Å². The van der Waals surface area contributed by atoms with Gasteiger partial charge in [-0.05, 0) is 41.8 Å². The molecule has 0 bridgehead atoms. The lowest BCUT2D eigenvalue weighted by Gasteiger charge is -2.10. The molecule has 0 fully saturated rings. The molecule has 1 aliphatic rings. The summed E-state index contributed by atoms with van der Waals surface area (Å²) in [6, 6.07) is 3.21. The Bertz CT molecular complexity index is 700. The second-order valence-corrected chi connectivity index (χ2v) is 6.55. The lowest BCUT2D eigenvalue weighted by atomic mass is 10.1. The molecule has 1 aliphatic heterocycles. The number of hydrogen-bond acceptors (Lipinski definition) is 7. The number of benzene rings is 1. The van der Waals surface area contributed by atoms with Crippen molar-refractivity contribution in [3.63, 3.8) is 0 Å². The predicted octanol–water partition coefficient (Wildman–Crippen LogP) is 3.61. The summed E-state index contributed by atoms with van der Waals surface area (Å²) in [5, 5.41) is 0.0945. The molecule has 0 saturated carbocycles. The molecule has 0 saturated heterocycles. The lowest BCUT2D eigenvalue weighted by Crippen LogP contribution is -2.04. The van der Waals surface area contributed by atoms with Crippen LogP contribution in [0.3, 0.4) is 0 Å². The highest BCUT2D eigenvalue weighted by Crippen LogP contribution is 2.38. The molecular formula is C14H12ClNO4S2. The normalized spacial score (nSPS) is 15.9. The monoisotopic (exact) mass is 357 g/mol. The van der Waals surface area contributed by atoms with Gasteiger partial charge in [0.1, 0.15) is 10.1 Å². The van der Waals surface area contributed by atoms with Gasteiger partial charge in [-0.25, -0.2) is 4.99 Å². The summed E-state index contributed by atoms with van der Waals surface area (Å²) in [6.45, 7) is 1.28. The van der Waals surface area contributed by atoms with E-state index in [1.54, 1.807) is 18.2 Å². The number of nitrogens with zero attached hydrogens (tertiary/aromatic N) is 1. The third kappa shape index (κ3) is 3.85. The lowest BCUT2D eigenvalue weighted by molar-refractivity contribution is -0.132. The fourth-order valence-corrected chi connectivity index (χ4v) is 3.22. The largest absolute Gasteiger partial charge is 0.493 e. The molecule has 0 spiro atoms. The minimum Gasteiger partial charge on any atom is -0.493 e. The maximum absolute atomic E-state index is 11.8. The maximum Gasteiger partial charge on any atom is 0.308 e. The van der Waals surface area contributed by atoms with Crippen LogP contribution in [0.5, 0.6) is 11.5 Å². The maximum atomic E-state index is 11.8. The van der Waals surface area contributed by atoms with E-state index in [0.717, 1.165) is 11.8 Å². The van der Waals surface area contributed by atoms with Crippen LogP contribution < -0.4 is 9.47 Å². The third-order valence-corrected chi connectivity index (χ3v) is 4.71. The van der Waals surface area contributed by atoms with E-state index in [2.05, 4.69) is 4.99 Å². The third-order valence-electron chi connectivity index (χ3n) is 2.58. The topological polar surface area (TPSA) is 65.0 Å². The van der Waals surface area contributed by atoms with Crippen molar-refractivity contribution in [2.45, 2.75) is 6.92 Å². The Kier molecular flexibility index (Phi) is 5.55. The molecule has 0 atom stereocenters. The first-order valence-electron chi connectivity index (χ1n) is 6.07. The van der Waals surface area contributed by atoms with Gasteiger partial charge in [-0.15, -0.1) is 11.8 Å². The van der Waals surface area contributed by atoms with Crippen molar-refractivity contribution in [3.05, 3.63) is 28.4 Å². The minimum atomic E-state index is -0.497. The molecule has 0 radical (unpaired) electrons. The van der Waals surface area contributed by atoms with Gasteiger partial charge in [-0.2, -0.15) is 0 Å². The van der Waals surface area contributed by atoms with Gasteiger partial charge < -0.3 is 9.47 Å². The van der Waals surface area contributed by atoms with E-state index in [0.29, 0.717) is 21.4 Å². The zero-order valence-electron chi connectivity index (χ0n) is 12.0. The molecule has 0 unspecified atom stereocenters. The number of hydrogen-bond donors (Lipinski definition) is 0. The number of carbonyl (C=O) groups excluding carboxylic acids is 2. The van der Waals surface area contributed by atoms with Crippen molar-refractivity contribution in [2.75, 3.05) is 13.4 Å². The van der Waals surface area contributed by atoms with Crippen LogP contribution in [0, 0.1) is 0 Å². The summed E-state index contributed by atoms with van der Waals surface area (Å²) in [7, 11) is 1.44. The Labute approximate surface area is 141 Å². The van der Waals surface area contributed by atoms with Crippen molar-refractivity contribution in [1.82, 2.24) is 0 Å². The molecule has 0 N–H and O–H groups in total. The van der Waals surface area contributed by atoms with Crippen molar-refractivity contribution in [1.29, 1.82) is 0 Å². The van der Waals surface area contributed by atoms with E-state index in [-0.39, 0.29) is 15.9 Å². The average molecular weight is 358 g/mol. The van der Waals surface area contributed by atoms with Gasteiger partial charge in [0, 0.05) is 6.92 Å². The number of esters is 1. The fourth-order valence-electron chi connectivity index (χ4n) is 1.70. The Hall–Kier alpha value is -1.44. The molecule has 1 heterocycles. The van der Waals surface area contributed by atoms with E-state index >= 15 is 0 Å². The van der Waals surface area contributed by atoms with Gasteiger partial charge in [-0.1, -0.05) is 11.6 Å². The number of rotatable bonds is 3. The highest BCUT2D eigenvalue weighted by atomic mass is 35.5. The van der Waals surface area contributed by atoms with Gasteiger partial charge >= 0.3 is 5.97 Å². The summed E-state index contributed by atoms with van der Waals surface area (Å²) < 4.78 is 10.9. The van der Waals surface area contributed by atoms with Gasteiger partial charge in [0.15, 0.2) is 11.5 Å². The van der Waals surface area contributed by atoms with Crippen LogP contribution in [0.1, 0.15) is 12.5 Å². The molecule has 1 aromatic carbocycles. The molecule has 0 aromatic heterocycles. The molecule has 1 aromatic rings. The minimum absolute atomic E-state index is 0.122. The first-order valence-corrected chi connectivity index (χ1v) is 8.49. The zero-order chi connectivity index (χ0) is 16.3. The summed E-state index contributed by atoms with van der Waals surface area (Å²) in [6.07, 6.45) is 3.47. The average Bonchev–Trinajstić information content (AvgIpc) is 2.81. The first kappa shape index (κ1) is 16.9. The van der Waals surface area contributed by atoms with Gasteiger partial charge in [-0.3, -0.25) is 9.59 Å². The SMILES string of the molecule is COc1cc(C=C2N=C(SC)SC2=O)cc(Cl)c1OC(C)=O. The number of aliphatic imine (C=N–C) groups is 1. The van der Waals surface area contributed by atoms with Crippen LogP contribution in [0.25, 0.3) is 6.08 Å². The standard InChI is InChI=1S/C14H12ClNO4S2/c1-7(17)20-12-9(15)4-8(6-11(12)19-2)5-10-13(18)22-14(16-10)21-3/h4-6H,1-3H3. The van der Waals surface area contributed by atoms with Crippen LogP contribution in [0.4, 0.5) is 0 Å². The summed E-state index contributed by atoms with van der Waals surface area (Å²) in [4.78, 5) is 27.2. The van der Waals surface area contributed by atoms with Crippen molar-refractivity contribution in [2.24, 2.45) is 4.99 Å². The Morgan fingerprint density at radius 1 is 1.45 bits per heavy atom. The Morgan fingerprint density at radius 2 is 2.18 bits per heavy atom. The van der Waals surface area contributed by atoms with Crippen LogP contribution in [-0.2, 0) is 9.59 Å². The number of thioether (sulfide) groups is 2. The van der Waals surface area contributed by atoms with Gasteiger partial charge in [0.2, 0.25) is 5.12 Å². The molecule has 0 aliphatic carbocycles. The Morgan fingerprint density at radius 3 is 2.73 bits per heavy atom. The van der Waals surface area contributed by atoms with Crippen LogP contribution in [0.2, 0.25) is 5.02 Å². The highest BCUT2D eigenvalue weighted by Gasteiger charge is 2.22. The summed E-state index contributed by atoms with van der Waals surface area (Å²) >= 11 is 8.62. The van der Waals surface area contributed by atoms with Gasteiger partial charge in [0.25, 0.3) is 0 Å². The van der Waals surface area contributed by atoms with Crippen LogP contribution in [-0.4, -0.2) is 28.8 Å². The molecule has 116 valence electrons. The second kappa shape index (κ2) is 7.21. The zero-order valence-corrected chi connectivity index (χ0v) is 14.4. The number of carbonyl (C=O) groups is 2. The smallest absolute Gasteiger partial charge is 0.308 e. The molecule has 8 heteroatoms. The fraction of sp³-hybridized carbons (Fsp3) is 0.214. The number of halogens is 1. The molecule has 0 amide bonds. The van der Waals surface area contributed by atoms with Crippen molar-refractivity contribution >= 4 is 56.7 Å². The first-order chi connectivity index (χ1) is 10.4. The Balaban J connectivity index is 2.41. The quantitative estimate of drug-likeness (QED) is 0.468. The number of ether oxygens (including phenoxy) is 2. The highest BCUT2D eigenvalue weighted by molar-refractivity contribution is 8.45. The molecule has 2 rings (SSSR count). The van der Waals surface area contributed by atoms with E-state index < -0.39 is 5.97 Å². The number of methoxy groups -OCH3 is 1. The summed E-state index contributed by atoms with van der Waals surface area (Å²) in [5.74, 6) is -0.0381. The van der Waals surface area contributed by atoms with Crippen molar-refractivity contribution < 1.29 is 19.1 Å². The van der Waals surface area contributed by atoms with E-state index in [4.69, 9.17) is 21.1 Å². The second-order valence-electron chi connectivity index (χ2n) is 4.13. The summed E-state index contributed by atoms with van der Waals surface area (Å²) in [5.41, 5.74) is 0.973. The van der Waals surface area contributed by atoms with Crippen LogP contribution in [0.15, 0.2) is 22.8 Å². The van der Waals surface area contributed by atoms with Gasteiger partial charge in [0.05, 0.1) is 12.1 Å². The van der Waals surface area contributed by atoms with E-state index in [1.165, 1.54) is 25.8 Å². The van der Waals surface area contributed by atoms with Crippen molar-refractivity contribution in [3.8, 4) is 11.5 Å². The van der Waals surface area contributed by atoms with Crippen LogP contribution >= 0.6 is 35.1 Å². The molecule has 22 heavy (non-hydrogen) atoms. The molecule has 5 nitrogen and oxygen atoms in total. The van der Waals surface area contributed by atoms with E-state index in [1.807, 2.05) is 6.26 Å².